The molecule has 0 aliphatic carbocycles. The number of rotatable bonds is 1. The van der Waals surface area contributed by atoms with Crippen LogP contribution in [0.1, 0.15) is 0 Å². The highest BCUT2D eigenvalue weighted by molar-refractivity contribution is 8.33. The van der Waals surface area contributed by atoms with Gasteiger partial charge in [0, 0.05) is 4.90 Å². The maximum Gasteiger partial charge on any atom is 0.123 e. The fourth-order valence-electron chi connectivity index (χ4n) is 0.569. The highest BCUT2D eigenvalue weighted by atomic mass is 32.7. The summed E-state index contributed by atoms with van der Waals surface area (Å²) in [5, 5.41) is 0. The van der Waals surface area contributed by atoms with Gasteiger partial charge in [0.15, 0.2) is 0 Å². The Hall–Kier alpha value is -0.270. The summed E-state index contributed by atoms with van der Waals surface area (Å²) >= 11 is 0. The first kappa shape index (κ1) is 7.83. The normalized spacial score (nSPS) is 13.0. The van der Waals surface area contributed by atoms with Crippen LogP contribution in [0.25, 0.3) is 0 Å². The molecule has 54 valence electrons. The molecule has 0 saturated heterocycles. The van der Waals surface area contributed by atoms with Gasteiger partial charge in [0.25, 0.3) is 0 Å². The molecule has 0 bridgehead atoms. The second-order valence-corrected chi connectivity index (χ2v) is 4.10. The summed E-state index contributed by atoms with van der Waals surface area (Å²) in [6.07, 6.45) is 0. The zero-order valence-electron chi connectivity index (χ0n) is 5.08. The topological polar surface area (TPSA) is 17.1 Å². The Balaban J connectivity index is 3.00. The van der Waals surface area contributed by atoms with Crippen molar-refractivity contribution in [3.05, 3.63) is 30.1 Å². The van der Waals surface area contributed by atoms with Crippen LogP contribution in [0.5, 0.6) is 0 Å². The van der Waals surface area contributed by atoms with Crippen molar-refractivity contribution in [3.8, 4) is 0 Å². The van der Waals surface area contributed by atoms with E-state index >= 15 is 0 Å². The van der Waals surface area contributed by atoms with Gasteiger partial charge in [-0.25, -0.2) is 4.39 Å². The summed E-state index contributed by atoms with van der Waals surface area (Å²) in [6, 6.07) is 5.57. The van der Waals surface area contributed by atoms with Crippen molar-refractivity contribution in [1.29, 1.82) is 0 Å². The van der Waals surface area contributed by atoms with E-state index in [1.165, 1.54) is 24.3 Å². The first-order valence-electron chi connectivity index (χ1n) is 2.62. The van der Waals surface area contributed by atoms with Crippen LogP contribution in [-0.4, -0.2) is 4.21 Å². The van der Waals surface area contributed by atoms with Gasteiger partial charge >= 0.3 is 0 Å². The Bertz CT molecular complexity index is 246. The van der Waals surface area contributed by atoms with E-state index in [4.69, 9.17) is 0 Å². The second-order valence-electron chi connectivity index (χ2n) is 1.75. The van der Waals surface area contributed by atoms with E-state index in [9.17, 15) is 8.60 Å². The van der Waals surface area contributed by atoms with E-state index in [0.717, 1.165) is 0 Å². The standard InChI is InChI=1S/C6H6FOPS/c7-5-1-3-6(4-2-5)10(8)9/h1-4H,9H2. The molecule has 0 N–H and O–H groups in total. The molecule has 2 unspecified atom stereocenters. The third kappa shape index (κ3) is 1.86. The summed E-state index contributed by atoms with van der Waals surface area (Å²) in [5.74, 6) is -0.306. The summed E-state index contributed by atoms with van der Waals surface area (Å²) in [6.45, 7) is 0. The van der Waals surface area contributed by atoms with E-state index < -0.39 is 10.4 Å². The minimum absolute atomic E-state index is 0.306. The Labute approximate surface area is 63.0 Å². The number of hydrogen-bond acceptors (Lipinski definition) is 1. The molecule has 1 aromatic rings. The minimum Gasteiger partial charge on any atom is -0.250 e. The van der Waals surface area contributed by atoms with E-state index in [1.54, 1.807) is 0 Å². The van der Waals surface area contributed by atoms with Crippen LogP contribution in [0.2, 0.25) is 0 Å². The number of halogens is 1. The third-order valence-corrected chi connectivity index (χ3v) is 2.60. The van der Waals surface area contributed by atoms with Crippen LogP contribution < -0.4 is 0 Å². The fourth-order valence-corrected chi connectivity index (χ4v) is 1.44. The van der Waals surface area contributed by atoms with Gasteiger partial charge in [0.2, 0.25) is 0 Å². The quantitative estimate of drug-likeness (QED) is 0.595. The molecule has 1 rings (SSSR count). The molecule has 0 fully saturated rings. The van der Waals surface area contributed by atoms with Gasteiger partial charge in [-0.3, -0.25) is 4.21 Å². The molecular formula is C6H6FOPS. The van der Waals surface area contributed by atoms with E-state index in [1.807, 2.05) is 0 Å². The Kier molecular flexibility index (Phi) is 2.52. The predicted molar refractivity (Wildman–Crippen MR) is 42.5 cm³/mol. The molecule has 0 saturated carbocycles. The summed E-state index contributed by atoms with van der Waals surface area (Å²) < 4.78 is 23.0. The van der Waals surface area contributed by atoms with Gasteiger partial charge in [0.1, 0.15) is 5.82 Å². The van der Waals surface area contributed by atoms with Crippen molar-refractivity contribution >= 4 is 18.9 Å². The minimum atomic E-state index is -1.09. The lowest BCUT2D eigenvalue weighted by Gasteiger charge is -1.92. The van der Waals surface area contributed by atoms with Gasteiger partial charge in [-0.2, -0.15) is 0 Å². The molecule has 0 radical (unpaired) electrons. The molecule has 0 aliphatic rings. The first-order valence-corrected chi connectivity index (χ1v) is 5.24. The first-order chi connectivity index (χ1) is 4.70. The van der Waals surface area contributed by atoms with E-state index in [0.29, 0.717) is 4.90 Å². The van der Waals surface area contributed by atoms with Crippen molar-refractivity contribution in [2.24, 2.45) is 0 Å². The van der Waals surface area contributed by atoms with Crippen LogP contribution in [-0.2, 0) is 10.4 Å². The lowest BCUT2D eigenvalue weighted by molar-refractivity contribution is 0.626. The van der Waals surface area contributed by atoms with Crippen molar-refractivity contribution in [3.63, 3.8) is 0 Å². The summed E-state index contributed by atoms with van der Waals surface area (Å²) in [7, 11) is 1.05. The van der Waals surface area contributed by atoms with Gasteiger partial charge in [0.05, 0.1) is 10.4 Å². The van der Waals surface area contributed by atoms with Gasteiger partial charge in [-0.15, -0.1) is 0 Å². The highest BCUT2D eigenvalue weighted by Gasteiger charge is 1.95. The SMILES string of the molecule is O=S(P)c1ccc(F)cc1. The maximum atomic E-state index is 12.2. The molecule has 1 aromatic carbocycles. The van der Waals surface area contributed by atoms with Crippen LogP contribution in [0.4, 0.5) is 4.39 Å². The van der Waals surface area contributed by atoms with Gasteiger partial charge < -0.3 is 0 Å². The fraction of sp³-hybridized carbons (Fsp3) is 0. The maximum absolute atomic E-state index is 12.2. The lowest BCUT2D eigenvalue weighted by Crippen LogP contribution is -1.80. The van der Waals surface area contributed by atoms with Crippen molar-refractivity contribution in [2.75, 3.05) is 0 Å². The van der Waals surface area contributed by atoms with E-state index in [2.05, 4.69) is 8.44 Å². The second kappa shape index (κ2) is 3.22. The average Bonchev–Trinajstić information content (AvgIpc) is 1.88. The smallest absolute Gasteiger partial charge is 0.123 e. The molecule has 4 heteroatoms. The van der Waals surface area contributed by atoms with Gasteiger partial charge in [-0.1, -0.05) is 0 Å². The highest BCUT2D eigenvalue weighted by Crippen LogP contribution is 2.11. The van der Waals surface area contributed by atoms with Crippen LogP contribution in [0.3, 0.4) is 0 Å². The Morgan fingerprint density at radius 1 is 1.30 bits per heavy atom. The number of hydrogen-bond donors (Lipinski definition) is 0. The lowest BCUT2D eigenvalue weighted by atomic mass is 10.4. The molecular weight excluding hydrogens is 170 g/mol. The Morgan fingerprint density at radius 3 is 2.20 bits per heavy atom. The van der Waals surface area contributed by atoms with E-state index in [-0.39, 0.29) is 5.82 Å². The predicted octanol–water partition coefficient (Wildman–Crippen LogP) is 1.72. The van der Waals surface area contributed by atoms with Crippen LogP contribution in [0, 0.1) is 5.82 Å². The zero-order valence-corrected chi connectivity index (χ0v) is 7.05. The molecule has 2 atom stereocenters. The summed E-state index contributed by atoms with van der Waals surface area (Å²) in [5.41, 5.74) is 0. The van der Waals surface area contributed by atoms with Crippen LogP contribution in [0.15, 0.2) is 29.2 Å². The summed E-state index contributed by atoms with van der Waals surface area (Å²) in [4.78, 5) is 0.617. The van der Waals surface area contributed by atoms with Crippen molar-refractivity contribution in [2.45, 2.75) is 4.90 Å². The van der Waals surface area contributed by atoms with Crippen molar-refractivity contribution in [1.82, 2.24) is 0 Å². The average molecular weight is 176 g/mol. The molecule has 1 nitrogen and oxygen atoms in total. The van der Waals surface area contributed by atoms with Crippen LogP contribution >= 0.6 is 8.44 Å². The molecule has 0 spiro atoms. The molecule has 0 aliphatic heterocycles. The van der Waals surface area contributed by atoms with Crippen molar-refractivity contribution < 1.29 is 8.60 Å². The monoisotopic (exact) mass is 176 g/mol. The van der Waals surface area contributed by atoms with Gasteiger partial charge in [-0.05, 0) is 32.7 Å². The molecule has 0 heterocycles. The Morgan fingerprint density at radius 2 is 1.80 bits per heavy atom. The number of benzene rings is 1. The third-order valence-electron chi connectivity index (χ3n) is 1.05. The molecule has 10 heavy (non-hydrogen) atoms. The zero-order chi connectivity index (χ0) is 7.56. The molecule has 0 aromatic heterocycles. The molecule has 0 amide bonds. The largest absolute Gasteiger partial charge is 0.250 e.